The molecule has 0 unspecified atom stereocenters. The number of anilines is 1. The van der Waals surface area contributed by atoms with E-state index >= 15 is 0 Å². The molecule has 0 saturated carbocycles. The van der Waals surface area contributed by atoms with E-state index in [2.05, 4.69) is 53.0 Å². The third kappa shape index (κ3) is 3.28. The average molecular weight is 397 g/mol. The lowest BCUT2D eigenvalue weighted by Gasteiger charge is -2.44. The number of fused-ring (bicyclic) bond motifs is 2. The molecular weight excluding hydrogens is 370 g/mol. The average Bonchev–Trinajstić information content (AvgIpc) is 3.24. The van der Waals surface area contributed by atoms with Crippen LogP contribution in [0.3, 0.4) is 0 Å². The van der Waals surface area contributed by atoms with Crippen LogP contribution in [0.1, 0.15) is 43.6 Å². The van der Waals surface area contributed by atoms with E-state index in [0.29, 0.717) is 12.6 Å². The number of hydrogen-bond donors (Lipinski definition) is 0. The molecular formula is C20H27N7O2. The summed E-state index contributed by atoms with van der Waals surface area (Å²) >= 11 is 0. The zero-order chi connectivity index (χ0) is 20.2. The third-order valence-electron chi connectivity index (χ3n) is 5.80. The topological polar surface area (TPSA) is 84.8 Å². The predicted octanol–water partition coefficient (Wildman–Crippen LogP) is 1.80. The van der Waals surface area contributed by atoms with E-state index in [-0.39, 0.29) is 5.41 Å². The first-order valence-electron chi connectivity index (χ1n) is 10.1. The summed E-state index contributed by atoms with van der Waals surface area (Å²) in [5, 5.41) is 17.7. The van der Waals surface area contributed by atoms with Gasteiger partial charge in [-0.25, -0.2) is 0 Å². The number of hydrogen-bond acceptors (Lipinski definition) is 8. The molecule has 29 heavy (non-hydrogen) atoms. The second kappa shape index (κ2) is 6.77. The van der Waals surface area contributed by atoms with Crippen LogP contribution in [0, 0.1) is 0 Å². The molecule has 0 bridgehead atoms. The summed E-state index contributed by atoms with van der Waals surface area (Å²) in [5.41, 5.74) is 2.81. The first-order valence-corrected chi connectivity index (χ1v) is 10.1. The standard InChI is InChI=1S/C20H27N7O2/c1-20(2,3)19-22-21-17-5-6-18(23-27(17)19)26-9-13(10-26)25(4)11-15-14-12-28-8-7-16(14)29-24-15/h5-6,13H,7-12H2,1-4H3. The molecule has 0 radical (unpaired) electrons. The minimum atomic E-state index is -0.108. The molecule has 0 spiro atoms. The summed E-state index contributed by atoms with van der Waals surface area (Å²) in [6.07, 6.45) is 0.817. The van der Waals surface area contributed by atoms with Gasteiger partial charge in [-0.15, -0.1) is 15.3 Å². The molecule has 1 saturated heterocycles. The second-order valence-electron chi connectivity index (χ2n) is 9.04. The number of ether oxygens (including phenoxy) is 1. The first kappa shape index (κ1) is 18.5. The van der Waals surface area contributed by atoms with Crippen molar-refractivity contribution >= 4 is 11.5 Å². The highest BCUT2D eigenvalue weighted by Gasteiger charge is 2.33. The van der Waals surface area contributed by atoms with E-state index in [4.69, 9.17) is 14.4 Å². The van der Waals surface area contributed by atoms with Crippen molar-refractivity contribution in [2.24, 2.45) is 0 Å². The normalized spacial score (nSPS) is 17.8. The summed E-state index contributed by atoms with van der Waals surface area (Å²) in [7, 11) is 2.14. The summed E-state index contributed by atoms with van der Waals surface area (Å²) in [4.78, 5) is 4.62. The van der Waals surface area contributed by atoms with Gasteiger partial charge in [0.05, 0.1) is 13.2 Å². The molecule has 0 N–H and O–H groups in total. The third-order valence-corrected chi connectivity index (χ3v) is 5.80. The van der Waals surface area contributed by atoms with E-state index in [1.165, 1.54) is 0 Å². The smallest absolute Gasteiger partial charge is 0.178 e. The van der Waals surface area contributed by atoms with Crippen LogP contribution in [0.2, 0.25) is 0 Å². The van der Waals surface area contributed by atoms with Crippen LogP contribution in [0.25, 0.3) is 5.65 Å². The molecule has 0 aliphatic carbocycles. The Morgan fingerprint density at radius 2 is 2.03 bits per heavy atom. The van der Waals surface area contributed by atoms with Crippen molar-refractivity contribution in [2.75, 3.05) is 31.6 Å². The number of rotatable bonds is 4. The molecule has 3 aromatic rings. The largest absolute Gasteiger partial charge is 0.376 e. The molecule has 1 fully saturated rings. The van der Waals surface area contributed by atoms with Crippen molar-refractivity contribution in [1.82, 2.24) is 29.9 Å². The van der Waals surface area contributed by atoms with E-state index in [1.807, 2.05) is 16.6 Å². The Kier molecular flexibility index (Phi) is 4.32. The fourth-order valence-corrected chi connectivity index (χ4v) is 3.91. The second-order valence-corrected chi connectivity index (χ2v) is 9.04. The van der Waals surface area contributed by atoms with Gasteiger partial charge in [0.15, 0.2) is 11.5 Å². The van der Waals surface area contributed by atoms with Crippen LogP contribution in [0.5, 0.6) is 0 Å². The van der Waals surface area contributed by atoms with Crippen LogP contribution < -0.4 is 4.90 Å². The van der Waals surface area contributed by atoms with Crippen molar-refractivity contribution in [3.63, 3.8) is 0 Å². The Labute approximate surface area is 169 Å². The number of aromatic nitrogens is 5. The van der Waals surface area contributed by atoms with Gasteiger partial charge in [-0.3, -0.25) is 4.90 Å². The maximum atomic E-state index is 5.57. The highest BCUT2D eigenvalue weighted by molar-refractivity contribution is 5.48. The van der Waals surface area contributed by atoms with Gasteiger partial charge >= 0.3 is 0 Å². The molecule has 3 aromatic heterocycles. The van der Waals surface area contributed by atoms with Gasteiger partial charge < -0.3 is 14.2 Å². The molecule has 9 heteroatoms. The van der Waals surface area contributed by atoms with Crippen LogP contribution in [0.15, 0.2) is 16.7 Å². The minimum Gasteiger partial charge on any atom is -0.376 e. The minimum absolute atomic E-state index is 0.108. The lowest BCUT2D eigenvalue weighted by atomic mass is 9.96. The maximum Gasteiger partial charge on any atom is 0.178 e. The van der Waals surface area contributed by atoms with Gasteiger partial charge in [-0.2, -0.15) is 4.52 Å². The Morgan fingerprint density at radius 1 is 1.21 bits per heavy atom. The molecule has 9 nitrogen and oxygen atoms in total. The summed E-state index contributed by atoms with van der Waals surface area (Å²) in [6.45, 7) is 10.3. The van der Waals surface area contributed by atoms with Gasteiger partial charge in [0, 0.05) is 43.1 Å². The molecule has 5 heterocycles. The highest BCUT2D eigenvalue weighted by Crippen LogP contribution is 2.26. The Hall–Kier alpha value is -2.52. The van der Waals surface area contributed by atoms with E-state index in [0.717, 1.165) is 67.0 Å². The quantitative estimate of drug-likeness (QED) is 0.659. The highest BCUT2D eigenvalue weighted by atomic mass is 16.5. The molecule has 0 aromatic carbocycles. The molecule has 2 aliphatic heterocycles. The van der Waals surface area contributed by atoms with Crippen molar-refractivity contribution < 1.29 is 9.26 Å². The zero-order valence-corrected chi connectivity index (χ0v) is 17.4. The SMILES string of the molecule is CN(Cc1noc2c1COCC2)C1CN(c2ccc3nnc(C(C)(C)C)n3n2)C1. The van der Waals surface area contributed by atoms with Crippen LogP contribution in [0.4, 0.5) is 5.82 Å². The summed E-state index contributed by atoms with van der Waals surface area (Å²) in [5.74, 6) is 2.82. The lowest BCUT2D eigenvalue weighted by Crippen LogP contribution is -2.58. The van der Waals surface area contributed by atoms with Crippen LogP contribution in [-0.2, 0) is 29.7 Å². The van der Waals surface area contributed by atoms with Crippen molar-refractivity contribution in [2.45, 2.75) is 51.8 Å². The fraction of sp³-hybridized carbons (Fsp3) is 0.600. The monoisotopic (exact) mass is 397 g/mol. The number of likely N-dealkylation sites (N-methyl/N-ethyl adjacent to an activating group) is 1. The Bertz CT molecular complexity index is 1030. The van der Waals surface area contributed by atoms with Crippen molar-refractivity contribution in [3.8, 4) is 0 Å². The molecule has 154 valence electrons. The maximum absolute atomic E-state index is 5.57. The van der Waals surface area contributed by atoms with Gasteiger partial charge in [-0.1, -0.05) is 25.9 Å². The van der Waals surface area contributed by atoms with Crippen molar-refractivity contribution in [3.05, 3.63) is 35.0 Å². The molecule has 0 amide bonds. The van der Waals surface area contributed by atoms with Gasteiger partial charge in [0.1, 0.15) is 17.3 Å². The van der Waals surface area contributed by atoms with Gasteiger partial charge in [0.25, 0.3) is 0 Å². The van der Waals surface area contributed by atoms with E-state index < -0.39 is 0 Å². The van der Waals surface area contributed by atoms with Gasteiger partial charge in [-0.05, 0) is 19.2 Å². The summed E-state index contributed by atoms with van der Waals surface area (Å²) < 4.78 is 12.9. The summed E-state index contributed by atoms with van der Waals surface area (Å²) in [6, 6.07) is 4.47. The first-order chi connectivity index (χ1) is 13.9. The van der Waals surface area contributed by atoms with E-state index in [9.17, 15) is 0 Å². The van der Waals surface area contributed by atoms with E-state index in [1.54, 1.807) is 0 Å². The van der Waals surface area contributed by atoms with Crippen LogP contribution >= 0.6 is 0 Å². The molecule has 2 aliphatic rings. The van der Waals surface area contributed by atoms with Crippen molar-refractivity contribution in [1.29, 1.82) is 0 Å². The van der Waals surface area contributed by atoms with Gasteiger partial charge in [0.2, 0.25) is 0 Å². The zero-order valence-electron chi connectivity index (χ0n) is 17.4. The number of nitrogens with zero attached hydrogens (tertiary/aromatic N) is 7. The Balaban J connectivity index is 1.26. The predicted molar refractivity (Wildman–Crippen MR) is 107 cm³/mol. The lowest BCUT2D eigenvalue weighted by molar-refractivity contribution is 0.102. The fourth-order valence-electron chi connectivity index (χ4n) is 3.91. The molecule has 0 atom stereocenters. The Morgan fingerprint density at radius 3 is 2.83 bits per heavy atom. The van der Waals surface area contributed by atoms with Crippen LogP contribution in [-0.4, -0.2) is 62.7 Å². The molecule has 5 rings (SSSR count).